The first-order valence-corrected chi connectivity index (χ1v) is 4.51. The molecule has 72 valence electrons. The molecule has 0 saturated carbocycles. The minimum atomic E-state index is -0.368. The maximum atomic E-state index is 9.41. The fourth-order valence-corrected chi connectivity index (χ4v) is 1.59. The first kappa shape index (κ1) is 9.96. The van der Waals surface area contributed by atoms with Gasteiger partial charge in [-0.3, -0.25) is 4.90 Å². The highest BCUT2D eigenvalue weighted by atomic mass is 16.3. The van der Waals surface area contributed by atoms with Crippen molar-refractivity contribution in [1.82, 2.24) is 4.90 Å². The summed E-state index contributed by atoms with van der Waals surface area (Å²) in [6, 6.07) is 0. The molecule has 1 saturated heterocycles. The number of aliphatic hydroxyl groups is 2. The average molecular weight is 173 g/mol. The predicted octanol–water partition coefficient (Wildman–Crippen LogP) is 0.212. The van der Waals surface area contributed by atoms with Crippen molar-refractivity contribution in [2.75, 3.05) is 13.1 Å². The van der Waals surface area contributed by atoms with E-state index in [2.05, 4.69) is 25.7 Å². The van der Waals surface area contributed by atoms with E-state index < -0.39 is 0 Å². The Bertz CT molecular complexity index is 143. The van der Waals surface area contributed by atoms with Crippen LogP contribution in [0.2, 0.25) is 0 Å². The third-order valence-corrected chi connectivity index (χ3v) is 2.36. The molecule has 0 aliphatic carbocycles. The van der Waals surface area contributed by atoms with Crippen LogP contribution < -0.4 is 0 Å². The molecule has 1 aliphatic rings. The molecule has 1 heterocycles. The number of aliphatic hydroxyl groups excluding tert-OH is 2. The van der Waals surface area contributed by atoms with Crippen molar-refractivity contribution in [2.24, 2.45) is 0 Å². The Morgan fingerprint density at radius 2 is 1.50 bits per heavy atom. The summed E-state index contributed by atoms with van der Waals surface area (Å²) in [7, 11) is 0. The number of likely N-dealkylation sites (tertiary alicyclic amines) is 1. The van der Waals surface area contributed by atoms with Gasteiger partial charge in [-0.15, -0.1) is 0 Å². The topological polar surface area (TPSA) is 43.7 Å². The van der Waals surface area contributed by atoms with Crippen LogP contribution in [-0.4, -0.2) is 45.9 Å². The largest absolute Gasteiger partial charge is 0.392 e. The zero-order valence-corrected chi connectivity index (χ0v) is 8.12. The third-order valence-electron chi connectivity index (χ3n) is 2.36. The number of nitrogens with zero attached hydrogens (tertiary/aromatic N) is 1. The van der Waals surface area contributed by atoms with Gasteiger partial charge in [0, 0.05) is 25.0 Å². The summed E-state index contributed by atoms with van der Waals surface area (Å²) >= 11 is 0. The van der Waals surface area contributed by atoms with Crippen molar-refractivity contribution in [3.05, 3.63) is 0 Å². The third kappa shape index (κ3) is 2.44. The van der Waals surface area contributed by atoms with Gasteiger partial charge in [0.1, 0.15) is 0 Å². The molecule has 12 heavy (non-hydrogen) atoms. The SMILES string of the molecule is CC(C)(C)N1C[C@H](O)C[C@@H](O)C1. The summed E-state index contributed by atoms with van der Waals surface area (Å²) in [5.74, 6) is 0. The van der Waals surface area contributed by atoms with E-state index in [1.54, 1.807) is 0 Å². The summed E-state index contributed by atoms with van der Waals surface area (Å²) in [6.07, 6.45) is -0.215. The van der Waals surface area contributed by atoms with Crippen LogP contribution in [0.4, 0.5) is 0 Å². The van der Waals surface area contributed by atoms with Crippen molar-refractivity contribution in [3.8, 4) is 0 Å². The van der Waals surface area contributed by atoms with Gasteiger partial charge in [0.15, 0.2) is 0 Å². The van der Waals surface area contributed by atoms with Crippen LogP contribution in [0.25, 0.3) is 0 Å². The van der Waals surface area contributed by atoms with Crippen LogP contribution in [0.5, 0.6) is 0 Å². The molecule has 2 atom stereocenters. The fourth-order valence-electron chi connectivity index (χ4n) is 1.59. The van der Waals surface area contributed by atoms with E-state index >= 15 is 0 Å². The molecule has 0 bridgehead atoms. The minimum absolute atomic E-state index is 0.0440. The fraction of sp³-hybridized carbons (Fsp3) is 1.00. The Morgan fingerprint density at radius 3 is 1.83 bits per heavy atom. The smallest absolute Gasteiger partial charge is 0.0692 e. The molecule has 3 heteroatoms. The zero-order valence-electron chi connectivity index (χ0n) is 8.12. The van der Waals surface area contributed by atoms with Gasteiger partial charge < -0.3 is 10.2 Å². The van der Waals surface area contributed by atoms with Gasteiger partial charge in [0.2, 0.25) is 0 Å². The quantitative estimate of drug-likeness (QED) is 0.550. The molecule has 1 aliphatic heterocycles. The average Bonchev–Trinajstić information content (AvgIpc) is 1.82. The first-order chi connectivity index (χ1) is 5.39. The Morgan fingerprint density at radius 1 is 1.08 bits per heavy atom. The van der Waals surface area contributed by atoms with Crippen LogP contribution in [0, 0.1) is 0 Å². The molecule has 1 rings (SSSR count). The molecule has 0 radical (unpaired) electrons. The Hall–Kier alpha value is -0.120. The Labute approximate surface area is 74.0 Å². The summed E-state index contributed by atoms with van der Waals surface area (Å²) < 4.78 is 0. The molecule has 0 aromatic heterocycles. The molecule has 1 fully saturated rings. The monoisotopic (exact) mass is 173 g/mol. The lowest BCUT2D eigenvalue weighted by molar-refractivity contribution is -0.0411. The molecular formula is C9H19NO2. The number of piperidine rings is 1. The highest BCUT2D eigenvalue weighted by molar-refractivity contribution is 4.85. The predicted molar refractivity (Wildman–Crippen MR) is 48.0 cm³/mol. The molecule has 0 unspecified atom stereocenters. The summed E-state index contributed by atoms with van der Waals surface area (Å²) in [5, 5.41) is 18.8. The van der Waals surface area contributed by atoms with E-state index in [0.717, 1.165) is 0 Å². The molecular weight excluding hydrogens is 154 g/mol. The van der Waals surface area contributed by atoms with Crippen LogP contribution in [0.1, 0.15) is 27.2 Å². The van der Waals surface area contributed by atoms with Crippen LogP contribution in [-0.2, 0) is 0 Å². The second-order valence-corrected chi connectivity index (χ2v) is 4.62. The first-order valence-electron chi connectivity index (χ1n) is 4.51. The van der Waals surface area contributed by atoms with Crippen LogP contribution >= 0.6 is 0 Å². The molecule has 0 aromatic carbocycles. The normalized spacial score (nSPS) is 33.8. The molecule has 0 spiro atoms. The van der Waals surface area contributed by atoms with Gasteiger partial charge in [-0.1, -0.05) is 0 Å². The van der Waals surface area contributed by atoms with E-state index in [1.807, 2.05) is 0 Å². The maximum absolute atomic E-state index is 9.41. The van der Waals surface area contributed by atoms with Gasteiger partial charge in [-0.05, 0) is 20.8 Å². The molecule has 2 N–H and O–H groups in total. The summed E-state index contributed by atoms with van der Waals surface area (Å²) in [6.45, 7) is 7.65. The van der Waals surface area contributed by atoms with E-state index in [-0.39, 0.29) is 17.7 Å². The minimum Gasteiger partial charge on any atom is -0.392 e. The molecule has 3 nitrogen and oxygen atoms in total. The van der Waals surface area contributed by atoms with Gasteiger partial charge in [0.05, 0.1) is 12.2 Å². The second-order valence-electron chi connectivity index (χ2n) is 4.62. The van der Waals surface area contributed by atoms with Gasteiger partial charge >= 0.3 is 0 Å². The van der Waals surface area contributed by atoms with Crippen LogP contribution in [0.15, 0.2) is 0 Å². The van der Waals surface area contributed by atoms with Crippen molar-refractivity contribution < 1.29 is 10.2 Å². The lowest BCUT2D eigenvalue weighted by Crippen LogP contribution is -2.53. The van der Waals surface area contributed by atoms with E-state index in [0.29, 0.717) is 19.5 Å². The molecule has 0 amide bonds. The summed E-state index contributed by atoms with van der Waals surface area (Å²) in [4.78, 5) is 2.12. The van der Waals surface area contributed by atoms with Crippen molar-refractivity contribution >= 4 is 0 Å². The second kappa shape index (κ2) is 3.32. The number of hydrogen-bond donors (Lipinski definition) is 2. The van der Waals surface area contributed by atoms with Crippen molar-refractivity contribution in [2.45, 2.75) is 44.9 Å². The standard InChI is InChI=1S/C9H19NO2/c1-9(2,3)10-5-7(11)4-8(12)6-10/h7-8,11-12H,4-6H2,1-3H3/t7-,8-/m1/s1. The van der Waals surface area contributed by atoms with Crippen LogP contribution in [0.3, 0.4) is 0 Å². The zero-order chi connectivity index (χ0) is 9.35. The Kier molecular flexibility index (Phi) is 2.76. The number of hydrogen-bond acceptors (Lipinski definition) is 3. The highest BCUT2D eigenvalue weighted by Gasteiger charge is 2.30. The lowest BCUT2D eigenvalue weighted by atomic mass is 9.98. The van der Waals surface area contributed by atoms with Gasteiger partial charge in [-0.2, -0.15) is 0 Å². The van der Waals surface area contributed by atoms with E-state index in [1.165, 1.54) is 0 Å². The Balaban J connectivity index is 2.55. The van der Waals surface area contributed by atoms with Crippen molar-refractivity contribution in [3.63, 3.8) is 0 Å². The highest BCUT2D eigenvalue weighted by Crippen LogP contribution is 2.20. The number of β-amino-alcohol motifs (C(OH)–C–C–N with tert-alkyl or cyclic N) is 2. The number of rotatable bonds is 0. The lowest BCUT2D eigenvalue weighted by Gasteiger charge is -2.42. The van der Waals surface area contributed by atoms with Crippen molar-refractivity contribution in [1.29, 1.82) is 0 Å². The van der Waals surface area contributed by atoms with E-state index in [9.17, 15) is 10.2 Å². The van der Waals surface area contributed by atoms with Gasteiger partial charge in [-0.25, -0.2) is 0 Å². The summed E-state index contributed by atoms with van der Waals surface area (Å²) in [5.41, 5.74) is 0.0440. The molecule has 0 aromatic rings. The maximum Gasteiger partial charge on any atom is 0.0692 e. The van der Waals surface area contributed by atoms with E-state index in [4.69, 9.17) is 0 Å². The van der Waals surface area contributed by atoms with Gasteiger partial charge in [0.25, 0.3) is 0 Å².